The van der Waals surface area contributed by atoms with Crippen LogP contribution in [0.3, 0.4) is 0 Å². The van der Waals surface area contributed by atoms with Crippen molar-refractivity contribution < 1.29 is 19.8 Å². The van der Waals surface area contributed by atoms with E-state index in [1.807, 2.05) is 30.3 Å². The highest BCUT2D eigenvalue weighted by molar-refractivity contribution is 6.04. The van der Waals surface area contributed by atoms with E-state index in [0.29, 0.717) is 12.1 Å². The van der Waals surface area contributed by atoms with Crippen LogP contribution < -0.4 is 5.32 Å². The van der Waals surface area contributed by atoms with Crippen LogP contribution >= 0.6 is 0 Å². The van der Waals surface area contributed by atoms with E-state index in [-0.39, 0.29) is 13.2 Å². The van der Waals surface area contributed by atoms with Gasteiger partial charge in [-0.3, -0.25) is 4.79 Å². The molecular weight excluding hydrogens is 260 g/mol. The van der Waals surface area contributed by atoms with Crippen LogP contribution in [-0.2, 0) is 9.63 Å². The van der Waals surface area contributed by atoms with Crippen LogP contribution in [0.1, 0.15) is 18.9 Å². The van der Waals surface area contributed by atoms with Gasteiger partial charge in [0.2, 0.25) is 6.10 Å². The Hall–Kier alpha value is -1.92. The lowest BCUT2D eigenvalue weighted by Crippen LogP contribution is -2.54. The van der Waals surface area contributed by atoms with Crippen LogP contribution in [0, 0.1) is 0 Å². The normalized spacial score (nSPS) is 18.4. The number of nitrogens with zero attached hydrogens (tertiary/aromatic N) is 1. The Balaban J connectivity index is 1.96. The number of oxime groups is 1. The van der Waals surface area contributed by atoms with Crippen LogP contribution in [-0.4, -0.2) is 46.7 Å². The first-order valence-electron chi connectivity index (χ1n) is 6.40. The SMILES string of the molecule is CC(CO)(CO)NC(=O)C1CC(c2ccccc2)=NO1. The molecule has 0 saturated heterocycles. The molecule has 1 aliphatic heterocycles. The first kappa shape index (κ1) is 14.5. The fourth-order valence-electron chi connectivity index (χ4n) is 1.83. The Morgan fingerprint density at radius 1 is 1.40 bits per heavy atom. The lowest BCUT2D eigenvalue weighted by atomic mass is 10.0. The fraction of sp³-hybridized carbons (Fsp3) is 0.429. The van der Waals surface area contributed by atoms with Crippen molar-refractivity contribution in [1.29, 1.82) is 0 Å². The fourth-order valence-corrected chi connectivity index (χ4v) is 1.83. The second kappa shape index (κ2) is 6.02. The molecule has 3 N–H and O–H groups in total. The first-order chi connectivity index (χ1) is 9.58. The zero-order valence-corrected chi connectivity index (χ0v) is 11.2. The lowest BCUT2D eigenvalue weighted by molar-refractivity contribution is -0.134. The smallest absolute Gasteiger partial charge is 0.264 e. The Kier molecular flexibility index (Phi) is 4.36. The van der Waals surface area contributed by atoms with E-state index >= 15 is 0 Å². The van der Waals surface area contributed by atoms with E-state index in [1.165, 1.54) is 0 Å². The molecule has 6 nitrogen and oxygen atoms in total. The van der Waals surface area contributed by atoms with Crippen LogP contribution in [0.4, 0.5) is 0 Å². The van der Waals surface area contributed by atoms with Crippen molar-refractivity contribution in [3.63, 3.8) is 0 Å². The van der Waals surface area contributed by atoms with Crippen molar-refractivity contribution in [2.45, 2.75) is 25.0 Å². The van der Waals surface area contributed by atoms with Gasteiger partial charge in [0.1, 0.15) is 0 Å². The number of hydrogen-bond acceptors (Lipinski definition) is 5. The van der Waals surface area contributed by atoms with E-state index in [4.69, 9.17) is 15.1 Å². The van der Waals surface area contributed by atoms with Gasteiger partial charge >= 0.3 is 0 Å². The molecule has 20 heavy (non-hydrogen) atoms. The van der Waals surface area contributed by atoms with E-state index in [9.17, 15) is 4.79 Å². The molecule has 2 rings (SSSR count). The molecule has 1 aromatic carbocycles. The van der Waals surface area contributed by atoms with Crippen molar-refractivity contribution in [1.82, 2.24) is 5.32 Å². The van der Waals surface area contributed by atoms with E-state index < -0.39 is 17.6 Å². The summed E-state index contributed by atoms with van der Waals surface area (Å²) in [6.07, 6.45) is -0.370. The predicted octanol–water partition coefficient (Wildman–Crippen LogP) is 0.0391. The number of aliphatic hydroxyl groups excluding tert-OH is 2. The van der Waals surface area contributed by atoms with E-state index in [0.717, 1.165) is 5.56 Å². The van der Waals surface area contributed by atoms with Gasteiger partial charge in [-0.15, -0.1) is 0 Å². The molecule has 0 aliphatic carbocycles. The summed E-state index contributed by atoms with van der Waals surface area (Å²) >= 11 is 0. The van der Waals surface area contributed by atoms with Gasteiger partial charge in [-0.25, -0.2) is 0 Å². The number of benzene rings is 1. The number of hydrogen-bond donors (Lipinski definition) is 3. The number of amides is 1. The number of rotatable bonds is 5. The van der Waals surface area contributed by atoms with Crippen LogP contribution in [0.25, 0.3) is 0 Å². The molecule has 0 radical (unpaired) electrons. The largest absolute Gasteiger partial charge is 0.394 e. The molecule has 0 saturated carbocycles. The summed E-state index contributed by atoms with van der Waals surface area (Å²) in [7, 11) is 0. The second-order valence-electron chi connectivity index (χ2n) is 5.07. The number of carbonyl (C=O) groups is 1. The van der Waals surface area contributed by atoms with Gasteiger partial charge in [0.25, 0.3) is 5.91 Å². The molecule has 1 aromatic rings. The Morgan fingerprint density at radius 2 is 2.05 bits per heavy atom. The summed E-state index contributed by atoms with van der Waals surface area (Å²) in [5, 5.41) is 24.8. The Morgan fingerprint density at radius 3 is 2.65 bits per heavy atom. The second-order valence-corrected chi connectivity index (χ2v) is 5.07. The van der Waals surface area contributed by atoms with Gasteiger partial charge < -0.3 is 20.4 Å². The molecule has 0 aromatic heterocycles. The summed E-state index contributed by atoms with van der Waals surface area (Å²) in [5.74, 6) is -0.398. The van der Waals surface area contributed by atoms with Crippen molar-refractivity contribution in [3.05, 3.63) is 35.9 Å². The standard InChI is InChI=1S/C14H18N2O4/c1-14(8-17,9-18)15-13(19)12-7-11(16-20-12)10-5-3-2-4-6-10/h2-6,12,17-18H,7-9H2,1H3,(H,15,19). The molecule has 0 fully saturated rings. The minimum atomic E-state index is -1.06. The molecule has 108 valence electrons. The summed E-state index contributed by atoms with van der Waals surface area (Å²) < 4.78 is 0. The zero-order chi connectivity index (χ0) is 14.6. The van der Waals surface area contributed by atoms with Gasteiger partial charge in [0, 0.05) is 6.42 Å². The molecule has 1 amide bonds. The summed E-state index contributed by atoms with van der Waals surface area (Å²) in [6.45, 7) is 0.849. The van der Waals surface area contributed by atoms with Crippen LogP contribution in [0.5, 0.6) is 0 Å². The average molecular weight is 278 g/mol. The third-order valence-electron chi connectivity index (χ3n) is 3.19. The van der Waals surface area contributed by atoms with E-state index in [2.05, 4.69) is 10.5 Å². The summed E-state index contributed by atoms with van der Waals surface area (Å²) in [6, 6.07) is 9.47. The topological polar surface area (TPSA) is 91.2 Å². The quantitative estimate of drug-likeness (QED) is 0.709. The first-order valence-corrected chi connectivity index (χ1v) is 6.40. The van der Waals surface area contributed by atoms with Gasteiger partial charge in [-0.2, -0.15) is 0 Å². The van der Waals surface area contributed by atoms with Gasteiger partial charge in [0.15, 0.2) is 0 Å². The highest BCUT2D eigenvalue weighted by Crippen LogP contribution is 2.17. The monoisotopic (exact) mass is 278 g/mol. The molecule has 0 spiro atoms. The van der Waals surface area contributed by atoms with Gasteiger partial charge in [-0.1, -0.05) is 35.5 Å². The Bertz CT molecular complexity index is 497. The molecule has 1 aliphatic rings. The van der Waals surface area contributed by atoms with Gasteiger partial charge in [0.05, 0.1) is 24.5 Å². The lowest BCUT2D eigenvalue weighted by Gasteiger charge is -2.27. The Labute approximate surface area is 117 Å². The summed E-state index contributed by atoms with van der Waals surface area (Å²) in [5.41, 5.74) is 0.561. The van der Waals surface area contributed by atoms with Crippen molar-refractivity contribution in [3.8, 4) is 0 Å². The van der Waals surface area contributed by atoms with Crippen LogP contribution in [0.15, 0.2) is 35.5 Å². The summed E-state index contributed by atoms with van der Waals surface area (Å²) in [4.78, 5) is 17.2. The van der Waals surface area contributed by atoms with Gasteiger partial charge in [-0.05, 0) is 12.5 Å². The molecule has 6 heteroatoms. The third-order valence-corrected chi connectivity index (χ3v) is 3.19. The van der Waals surface area contributed by atoms with E-state index in [1.54, 1.807) is 6.92 Å². The van der Waals surface area contributed by atoms with Crippen molar-refractivity contribution in [2.75, 3.05) is 13.2 Å². The average Bonchev–Trinajstić information content (AvgIpc) is 2.98. The molecular formula is C14H18N2O4. The zero-order valence-electron chi connectivity index (χ0n) is 11.2. The maximum absolute atomic E-state index is 12.0. The van der Waals surface area contributed by atoms with Crippen molar-refractivity contribution in [2.24, 2.45) is 5.16 Å². The predicted molar refractivity (Wildman–Crippen MR) is 73.2 cm³/mol. The highest BCUT2D eigenvalue weighted by atomic mass is 16.6. The van der Waals surface area contributed by atoms with Crippen LogP contribution in [0.2, 0.25) is 0 Å². The number of nitrogens with one attached hydrogen (secondary N) is 1. The third kappa shape index (κ3) is 3.15. The maximum Gasteiger partial charge on any atom is 0.264 e. The highest BCUT2D eigenvalue weighted by Gasteiger charge is 2.33. The van der Waals surface area contributed by atoms with Crippen molar-refractivity contribution >= 4 is 11.6 Å². The molecule has 1 unspecified atom stereocenters. The number of aliphatic hydroxyl groups is 2. The molecule has 1 atom stereocenters. The minimum Gasteiger partial charge on any atom is -0.394 e. The molecule has 0 bridgehead atoms. The maximum atomic E-state index is 12.0. The molecule has 1 heterocycles. The minimum absolute atomic E-state index is 0.353. The number of carbonyl (C=O) groups excluding carboxylic acids is 1.